The van der Waals surface area contributed by atoms with E-state index in [4.69, 9.17) is 10.5 Å². The number of carbonyl (C=O) groups is 1. The lowest BCUT2D eigenvalue weighted by Gasteiger charge is -2.03. The second-order valence-electron chi connectivity index (χ2n) is 3.17. The predicted octanol–water partition coefficient (Wildman–Crippen LogP) is 2.08. The smallest absolute Gasteiger partial charge is 0.339 e. The van der Waals surface area contributed by atoms with Gasteiger partial charge in [-0.15, -0.1) is 0 Å². The molecule has 3 N–H and O–H groups in total. The lowest BCUT2D eigenvalue weighted by atomic mass is 10.2. The number of anilines is 1. The van der Waals surface area contributed by atoms with Crippen LogP contribution in [0, 0.1) is 0 Å². The summed E-state index contributed by atoms with van der Waals surface area (Å²) in [5.41, 5.74) is 7.39. The zero-order chi connectivity index (χ0) is 11.7. The molecule has 0 saturated heterocycles. The van der Waals surface area contributed by atoms with Gasteiger partial charge in [-0.1, -0.05) is 0 Å². The van der Waals surface area contributed by atoms with Crippen molar-refractivity contribution in [3.8, 4) is 0 Å². The summed E-state index contributed by atoms with van der Waals surface area (Å²) < 4.78 is 5.52. The number of hydrogen-bond acceptors (Lipinski definition) is 4. The van der Waals surface area contributed by atoms with Gasteiger partial charge in [-0.2, -0.15) is 0 Å². The van der Waals surface area contributed by atoms with Crippen LogP contribution in [-0.4, -0.2) is 22.5 Å². The Kier molecular flexibility index (Phi) is 2.82. The van der Waals surface area contributed by atoms with Crippen molar-refractivity contribution < 1.29 is 9.53 Å². The molecule has 5 nitrogen and oxygen atoms in total. The summed E-state index contributed by atoms with van der Waals surface area (Å²) in [6, 6.07) is 3.41. The molecule has 6 heteroatoms. The number of H-pyrrole nitrogens is 1. The number of ether oxygens (including phenoxy) is 1. The minimum absolute atomic E-state index is 0.316. The summed E-state index contributed by atoms with van der Waals surface area (Å²) in [6.45, 7) is 2.10. The summed E-state index contributed by atoms with van der Waals surface area (Å²) in [5, 5.41) is 0. The monoisotopic (exact) mass is 283 g/mol. The topological polar surface area (TPSA) is 81.0 Å². The van der Waals surface area contributed by atoms with E-state index in [1.165, 1.54) is 0 Å². The highest BCUT2D eigenvalue weighted by atomic mass is 79.9. The predicted molar refractivity (Wildman–Crippen MR) is 64.2 cm³/mol. The van der Waals surface area contributed by atoms with Crippen LogP contribution >= 0.6 is 15.9 Å². The third kappa shape index (κ3) is 1.76. The molecule has 0 aliphatic carbocycles. The Hall–Kier alpha value is -1.56. The number of fused-ring (bicyclic) bond motifs is 1. The van der Waals surface area contributed by atoms with Crippen LogP contribution in [0.2, 0.25) is 0 Å². The molecule has 2 aromatic rings. The van der Waals surface area contributed by atoms with Gasteiger partial charge < -0.3 is 15.5 Å². The molecule has 0 aliphatic heterocycles. The van der Waals surface area contributed by atoms with Crippen molar-refractivity contribution in [1.29, 1.82) is 0 Å². The molecule has 2 rings (SSSR count). The number of nitrogens with one attached hydrogen (secondary N) is 1. The minimum atomic E-state index is -0.377. The molecule has 0 radical (unpaired) electrons. The van der Waals surface area contributed by atoms with E-state index in [2.05, 4.69) is 25.9 Å². The first kappa shape index (κ1) is 10.9. The van der Waals surface area contributed by atoms with E-state index >= 15 is 0 Å². The minimum Gasteiger partial charge on any atom is -0.462 e. The number of imidazole rings is 1. The van der Waals surface area contributed by atoms with Gasteiger partial charge in [-0.25, -0.2) is 9.78 Å². The maximum Gasteiger partial charge on any atom is 0.339 e. The number of rotatable bonds is 2. The van der Waals surface area contributed by atoms with E-state index in [-0.39, 0.29) is 5.97 Å². The Morgan fingerprint density at radius 2 is 2.38 bits per heavy atom. The summed E-state index contributed by atoms with van der Waals surface area (Å²) in [4.78, 5) is 18.6. The third-order valence-electron chi connectivity index (χ3n) is 2.11. The summed E-state index contributed by atoms with van der Waals surface area (Å²) in [5.74, 6) is -0.0606. The van der Waals surface area contributed by atoms with Crippen molar-refractivity contribution in [2.24, 2.45) is 0 Å². The molecule has 1 heterocycles. The van der Waals surface area contributed by atoms with E-state index in [9.17, 15) is 4.79 Å². The van der Waals surface area contributed by atoms with Crippen molar-refractivity contribution in [3.05, 3.63) is 22.2 Å². The molecular weight excluding hydrogens is 274 g/mol. The quantitative estimate of drug-likeness (QED) is 0.827. The van der Waals surface area contributed by atoms with Gasteiger partial charge in [0.25, 0.3) is 0 Å². The number of halogens is 1. The third-order valence-corrected chi connectivity index (χ3v) is 2.91. The summed E-state index contributed by atoms with van der Waals surface area (Å²) >= 11 is 3.33. The zero-order valence-electron chi connectivity index (χ0n) is 8.58. The molecular formula is C10H10BrN3O2. The summed E-state index contributed by atoms with van der Waals surface area (Å²) in [7, 11) is 0. The number of hydrogen-bond donors (Lipinski definition) is 2. The number of aromatic amines is 1. The number of aromatic nitrogens is 2. The highest BCUT2D eigenvalue weighted by Crippen LogP contribution is 2.27. The molecule has 1 aromatic carbocycles. The van der Waals surface area contributed by atoms with Crippen LogP contribution in [0.4, 0.5) is 5.95 Å². The van der Waals surface area contributed by atoms with Gasteiger partial charge in [0, 0.05) is 0 Å². The maximum atomic E-state index is 11.6. The van der Waals surface area contributed by atoms with Crippen LogP contribution in [0.15, 0.2) is 16.6 Å². The fourth-order valence-electron chi connectivity index (χ4n) is 1.43. The number of nitrogens with zero attached hydrogens (tertiary/aromatic N) is 1. The number of nitrogen functional groups attached to an aromatic ring is 1. The van der Waals surface area contributed by atoms with Gasteiger partial charge in [-0.3, -0.25) is 0 Å². The van der Waals surface area contributed by atoms with Crippen LogP contribution in [0.5, 0.6) is 0 Å². The van der Waals surface area contributed by atoms with Crippen molar-refractivity contribution in [3.63, 3.8) is 0 Å². The normalized spacial score (nSPS) is 10.6. The van der Waals surface area contributed by atoms with Gasteiger partial charge in [-0.05, 0) is 35.0 Å². The van der Waals surface area contributed by atoms with Crippen molar-refractivity contribution in [1.82, 2.24) is 9.97 Å². The maximum absolute atomic E-state index is 11.6. The molecule has 16 heavy (non-hydrogen) atoms. The highest BCUT2D eigenvalue weighted by Gasteiger charge is 2.15. The van der Waals surface area contributed by atoms with Gasteiger partial charge in [0.2, 0.25) is 0 Å². The average molecular weight is 284 g/mol. The van der Waals surface area contributed by atoms with Crippen molar-refractivity contribution in [2.45, 2.75) is 6.92 Å². The SMILES string of the molecule is CCOC(=O)c1ccc2[nH]c(N)nc2c1Br. The van der Waals surface area contributed by atoms with E-state index in [0.717, 1.165) is 5.52 Å². The van der Waals surface area contributed by atoms with E-state index in [0.29, 0.717) is 28.1 Å². The van der Waals surface area contributed by atoms with Gasteiger partial charge in [0.05, 0.1) is 22.2 Å². The first-order chi connectivity index (χ1) is 7.63. The second kappa shape index (κ2) is 4.13. The lowest BCUT2D eigenvalue weighted by Crippen LogP contribution is -2.05. The van der Waals surface area contributed by atoms with Crippen LogP contribution < -0.4 is 5.73 Å². The zero-order valence-corrected chi connectivity index (χ0v) is 10.2. The molecule has 0 saturated carbocycles. The van der Waals surface area contributed by atoms with E-state index in [1.54, 1.807) is 19.1 Å². The Morgan fingerprint density at radius 3 is 3.06 bits per heavy atom. The Balaban J connectivity index is 2.55. The fourth-order valence-corrected chi connectivity index (χ4v) is 2.02. The molecule has 84 valence electrons. The van der Waals surface area contributed by atoms with Crippen LogP contribution in [0.3, 0.4) is 0 Å². The van der Waals surface area contributed by atoms with Crippen LogP contribution in [0.25, 0.3) is 11.0 Å². The molecule has 0 amide bonds. The fraction of sp³-hybridized carbons (Fsp3) is 0.200. The van der Waals surface area contributed by atoms with Crippen molar-refractivity contribution >= 4 is 38.9 Å². The number of esters is 1. The van der Waals surface area contributed by atoms with E-state index < -0.39 is 0 Å². The first-order valence-electron chi connectivity index (χ1n) is 4.74. The lowest BCUT2D eigenvalue weighted by molar-refractivity contribution is 0.0525. The Bertz CT molecular complexity index is 550. The van der Waals surface area contributed by atoms with Crippen molar-refractivity contribution in [2.75, 3.05) is 12.3 Å². The van der Waals surface area contributed by atoms with Gasteiger partial charge in [0.1, 0.15) is 5.52 Å². The summed E-state index contributed by atoms with van der Waals surface area (Å²) in [6.07, 6.45) is 0. The van der Waals surface area contributed by atoms with Crippen LogP contribution in [-0.2, 0) is 4.74 Å². The molecule has 0 bridgehead atoms. The molecule has 0 atom stereocenters. The molecule has 1 aromatic heterocycles. The standard InChI is InChI=1S/C10H10BrN3O2/c1-2-16-9(15)5-3-4-6-8(7(5)11)14-10(12)13-6/h3-4H,2H2,1H3,(H3,12,13,14). The van der Waals surface area contributed by atoms with Crippen LogP contribution in [0.1, 0.15) is 17.3 Å². The Morgan fingerprint density at radius 1 is 1.62 bits per heavy atom. The largest absolute Gasteiger partial charge is 0.462 e. The number of carbonyl (C=O) groups excluding carboxylic acids is 1. The molecule has 0 spiro atoms. The first-order valence-corrected chi connectivity index (χ1v) is 5.53. The second-order valence-corrected chi connectivity index (χ2v) is 3.96. The van der Waals surface area contributed by atoms with Gasteiger partial charge in [0.15, 0.2) is 5.95 Å². The molecule has 0 fully saturated rings. The number of benzene rings is 1. The molecule has 0 aliphatic rings. The highest BCUT2D eigenvalue weighted by molar-refractivity contribution is 9.10. The Labute approximate surface area is 100 Å². The molecule has 0 unspecified atom stereocenters. The average Bonchev–Trinajstić information content (AvgIpc) is 2.60. The number of nitrogens with two attached hydrogens (primary N) is 1. The van der Waals surface area contributed by atoms with E-state index in [1.807, 2.05) is 0 Å². The van der Waals surface area contributed by atoms with Gasteiger partial charge >= 0.3 is 5.97 Å².